The SMILES string of the molecule is C(#Cc1nc(-c2ccccc2)sc1-c1ccccc1)c1ccccc1. The molecule has 4 aromatic rings. The van der Waals surface area contributed by atoms with Crippen molar-refractivity contribution in [3.05, 3.63) is 102 Å². The van der Waals surface area contributed by atoms with Gasteiger partial charge < -0.3 is 0 Å². The standard InChI is InChI=1S/C23H15NS/c1-4-10-18(11-5-1)16-17-21-22(19-12-6-2-7-13-19)25-23(24-21)20-14-8-3-9-15-20/h1-15H. The lowest BCUT2D eigenvalue weighted by Crippen LogP contribution is -1.81. The van der Waals surface area contributed by atoms with Gasteiger partial charge in [0, 0.05) is 11.1 Å². The van der Waals surface area contributed by atoms with Crippen molar-refractivity contribution in [1.29, 1.82) is 0 Å². The van der Waals surface area contributed by atoms with Crippen LogP contribution in [0.5, 0.6) is 0 Å². The Morgan fingerprint density at radius 3 is 1.80 bits per heavy atom. The van der Waals surface area contributed by atoms with Crippen LogP contribution in [0.15, 0.2) is 91.0 Å². The van der Waals surface area contributed by atoms with E-state index in [1.807, 2.05) is 66.7 Å². The number of benzene rings is 3. The van der Waals surface area contributed by atoms with Gasteiger partial charge in [-0.25, -0.2) is 4.98 Å². The van der Waals surface area contributed by atoms with E-state index in [2.05, 4.69) is 36.1 Å². The maximum absolute atomic E-state index is 4.82. The smallest absolute Gasteiger partial charge is 0.133 e. The molecule has 0 aliphatic rings. The Balaban J connectivity index is 1.82. The molecule has 0 aliphatic carbocycles. The van der Waals surface area contributed by atoms with Crippen LogP contribution in [0.4, 0.5) is 0 Å². The first-order valence-corrected chi connectivity index (χ1v) is 8.90. The Hall–Kier alpha value is -3.15. The molecule has 0 fully saturated rings. The van der Waals surface area contributed by atoms with Crippen LogP contribution in [0.1, 0.15) is 11.3 Å². The van der Waals surface area contributed by atoms with Crippen LogP contribution in [0, 0.1) is 11.8 Å². The third-order valence-electron chi connectivity index (χ3n) is 3.78. The predicted octanol–water partition coefficient (Wildman–Crippen LogP) is 5.88. The molecule has 0 unspecified atom stereocenters. The van der Waals surface area contributed by atoms with E-state index in [-0.39, 0.29) is 0 Å². The molecule has 0 atom stereocenters. The van der Waals surface area contributed by atoms with Crippen LogP contribution in [0.3, 0.4) is 0 Å². The molecule has 0 spiro atoms. The van der Waals surface area contributed by atoms with E-state index in [1.54, 1.807) is 11.3 Å². The van der Waals surface area contributed by atoms with Crippen LogP contribution in [-0.4, -0.2) is 4.98 Å². The molecule has 1 nitrogen and oxygen atoms in total. The summed E-state index contributed by atoms with van der Waals surface area (Å²) in [6.45, 7) is 0. The van der Waals surface area contributed by atoms with Gasteiger partial charge in [0.2, 0.25) is 0 Å². The number of hydrogen-bond donors (Lipinski definition) is 0. The first-order valence-electron chi connectivity index (χ1n) is 8.09. The van der Waals surface area contributed by atoms with E-state index in [1.165, 1.54) is 0 Å². The average Bonchev–Trinajstić information content (AvgIpc) is 3.13. The van der Waals surface area contributed by atoms with Gasteiger partial charge in [0.15, 0.2) is 0 Å². The third kappa shape index (κ3) is 3.52. The molecule has 1 aromatic heterocycles. The van der Waals surface area contributed by atoms with Gasteiger partial charge in [0.25, 0.3) is 0 Å². The van der Waals surface area contributed by atoms with Crippen LogP contribution in [-0.2, 0) is 0 Å². The van der Waals surface area contributed by atoms with Crippen LogP contribution in [0.25, 0.3) is 21.0 Å². The minimum absolute atomic E-state index is 0.832. The second kappa shape index (κ2) is 7.17. The molecular formula is C23H15NS. The van der Waals surface area contributed by atoms with Crippen molar-refractivity contribution in [2.75, 3.05) is 0 Å². The lowest BCUT2D eigenvalue weighted by Gasteiger charge is -1.96. The highest BCUT2D eigenvalue weighted by molar-refractivity contribution is 7.18. The fourth-order valence-electron chi connectivity index (χ4n) is 2.55. The Kier molecular flexibility index (Phi) is 4.41. The fraction of sp³-hybridized carbons (Fsp3) is 0. The van der Waals surface area contributed by atoms with E-state index in [4.69, 9.17) is 4.98 Å². The van der Waals surface area contributed by atoms with Crippen molar-refractivity contribution >= 4 is 11.3 Å². The van der Waals surface area contributed by atoms with Gasteiger partial charge in [-0.15, -0.1) is 11.3 Å². The maximum Gasteiger partial charge on any atom is 0.133 e. The summed E-state index contributed by atoms with van der Waals surface area (Å²) in [7, 11) is 0. The van der Waals surface area contributed by atoms with Gasteiger partial charge in [-0.1, -0.05) is 84.8 Å². The van der Waals surface area contributed by atoms with E-state index in [0.717, 1.165) is 32.3 Å². The van der Waals surface area contributed by atoms with E-state index < -0.39 is 0 Å². The summed E-state index contributed by atoms with van der Waals surface area (Å²) in [5.74, 6) is 6.50. The van der Waals surface area contributed by atoms with Crippen molar-refractivity contribution in [1.82, 2.24) is 4.98 Å². The molecule has 25 heavy (non-hydrogen) atoms. The van der Waals surface area contributed by atoms with Crippen LogP contribution < -0.4 is 0 Å². The summed E-state index contributed by atoms with van der Waals surface area (Å²) in [4.78, 5) is 5.93. The monoisotopic (exact) mass is 337 g/mol. The van der Waals surface area contributed by atoms with Gasteiger partial charge in [-0.05, 0) is 23.6 Å². The van der Waals surface area contributed by atoms with Crippen molar-refractivity contribution in [2.24, 2.45) is 0 Å². The summed E-state index contributed by atoms with van der Waals surface area (Å²) in [5.41, 5.74) is 4.10. The normalized spacial score (nSPS) is 10.1. The van der Waals surface area contributed by atoms with Crippen molar-refractivity contribution in [2.45, 2.75) is 0 Å². The zero-order valence-electron chi connectivity index (χ0n) is 13.5. The van der Waals surface area contributed by atoms with Crippen molar-refractivity contribution in [3.8, 4) is 32.9 Å². The fourth-order valence-corrected chi connectivity index (χ4v) is 3.58. The van der Waals surface area contributed by atoms with Crippen LogP contribution >= 0.6 is 11.3 Å². The topological polar surface area (TPSA) is 12.9 Å². The molecule has 0 N–H and O–H groups in total. The molecule has 0 saturated heterocycles. The zero-order chi connectivity index (χ0) is 16.9. The predicted molar refractivity (Wildman–Crippen MR) is 105 cm³/mol. The highest BCUT2D eigenvalue weighted by Crippen LogP contribution is 2.35. The first-order chi connectivity index (χ1) is 12.4. The molecule has 0 bridgehead atoms. The molecule has 3 aromatic carbocycles. The van der Waals surface area contributed by atoms with Gasteiger partial charge in [0.1, 0.15) is 10.7 Å². The Morgan fingerprint density at radius 1 is 0.600 bits per heavy atom. The summed E-state index contributed by atoms with van der Waals surface area (Å²) < 4.78 is 0. The highest BCUT2D eigenvalue weighted by atomic mass is 32.1. The molecule has 4 rings (SSSR count). The molecule has 0 amide bonds. The number of hydrogen-bond acceptors (Lipinski definition) is 2. The Morgan fingerprint density at radius 2 is 1.16 bits per heavy atom. The molecule has 0 saturated carbocycles. The minimum Gasteiger partial charge on any atom is -0.227 e. The van der Waals surface area contributed by atoms with Gasteiger partial charge in [-0.3, -0.25) is 0 Å². The number of rotatable bonds is 2. The number of aromatic nitrogens is 1. The first kappa shape index (κ1) is 15.4. The van der Waals surface area contributed by atoms with Gasteiger partial charge >= 0.3 is 0 Å². The summed E-state index contributed by atoms with van der Waals surface area (Å²) in [6.07, 6.45) is 0. The maximum atomic E-state index is 4.82. The third-order valence-corrected chi connectivity index (χ3v) is 4.94. The number of thiazole rings is 1. The lowest BCUT2D eigenvalue weighted by molar-refractivity contribution is 1.37. The largest absolute Gasteiger partial charge is 0.227 e. The minimum atomic E-state index is 0.832. The van der Waals surface area contributed by atoms with Crippen molar-refractivity contribution < 1.29 is 0 Å². The quantitative estimate of drug-likeness (QED) is 0.416. The van der Waals surface area contributed by atoms with Gasteiger partial charge in [-0.2, -0.15) is 0 Å². The molecular weight excluding hydrogens is 322 g/mol. The second-order valence-corrected chi connectivity index (χ2v) is 6.54. The van der Waals surface area contributed by atoms with Gasteiger partial charge in [0.05, 0.1) is 4.88 Å². The number of nitrogens with zero attached hydrogens (tertiary/aromatic N) is 1. The second-order valence-electron chi connectivity index (χ2n) is 5.54. The molecule has 0 radical (unpaired) electrons. The highest BCUT2D eigenvalue weighted by Gasteiger charge is 2.12. The van der Waals surface area contributed by atoms with E-state index in [9.17, 15) is 0 Å². The van der Waals surface area contributed by atoms with E-state index in [0.29, 0.717) is 0 Å². The molecule has 1 heterocycles. The zero-order valence-corrected chi connectivity index (χ0v) is 14.3. The van der Waals surface area contributed by atoms with Crippen LogP contribution in [0.2, 0.25) is 0 Å². The van der Waals surface area contributed by atoms with Crippen molar-refractivity contribution in [3.63, 3.8) is 0 Å². The molecule has 118 valence electrons. The van der Waals surface area contributed by atoms with E-state index >= 15 is 0 Å². The molecule has 2 heteroatoms. The summed E-state index contributed by atoms with van der Waals surface area (Å²) >= 11 is 1.69. The average molecular weight is 337 g/mol. The molecule has 0 aliphatic heterocycles. The lowest BCUT2D eigenvalue weighted by atomic mass is 10.1. The Labute approximate surface area is 151 Å². The summed E-state index contributed by atoms with van der Waals surface area (Å²) in [6, 6.07) is 30.6. The summed E-state index contributed by atoms with van der Waals surface area (Å²) in [5, 5.41) is 0.997. The Bertz CT molecular complexity index is 1020.